The second kappa shape index (κ2) is 8.92. The second-order valence-electron chi connectivity index (χ2n) is 8.81. The van der Waals surface area contributed by atoms with Crippen molar-refractivity contribution in [1.82, 2.24) is 0 Å². The first-order valence-corrected chi connectivity index (χ1v) is 14.6. The topological polar surface area (TPSA) is 9.23 Å². The van der Waals surface area contributed by atoms with Crippen LogP contribution in [0.5, 0.6) is 0 Å². The fourth-order valence-corrected chi connectivity index (χ4v) is 6.42. The zero-order valence-electron chi connectivity index (χ0n) is 18.0. The van der Waals surface area contributed by atoms with Gasteiger partial charge in [-0.3, -0.25) is 0 Å². The van der Waals surface area contributed by atoms with E-state index in [0.717, 1.165) is 11.6 Å². The Labute approximate surface area is 186 Å². The Morgan fingerprint density at radius 3 is 1.74 bits per heavy atom. The molecular weight excluding hydrogens is 501 g/mol. The van der Waals surface area contributed by atoms with Crippen LogP contribution in [0, 0.1) is 0 Å². The molecule has 0 heterocycles. The van der Waals surface area contributed by atoms with Gasteiger partial charge in [-0.2, -0.15) is 0 Å². The molecule has 0 radical (unpaired) electrons. The molecule has 0 spiro atoms. The van der Waals surface area contributed by atoms with E-state index < -0.39 is 51.8 Å². The molecule has 2 aromatic rings. The number of hydrogen-bond acceptors (Lipinski definition) is 1. The molecule has 0 saturated heterocycles. The molecule has 0 aliphatic rings. The molecule has 0 aliphatic heterocycles. The van der Waals surface area contributed by atoms with Crippen molar-refractivity contribution in [1.29, 1.82) is 0 Å². The van der Waals surface area contributed by atoms with Gasteiger partial charge in [-0.1, -0.05) is 0 Å². The fourth-order valence-electron chi connectivity index (χ4n) is 2.79. The Morgan fingerprint density at radius 1 is 0.774 bits per heavy atom. The van der Waals surface area contributed by atoms with Gasteiger partial charge < -0.3 is 0 Å². The molecule has 0 atom stereocenters. The summed E-state index contributed by atoms with van der Waals surface area (Å²) in [4.78, 5) is 0. The third-order valence-corrected chi connectivity index (χ3v) is 12.3. The van der Waals surface area contributed by atoms with Gasteiger partial charge in [0.2, 0.25) is 0 Å². The molecule has 9 heteroatoms. The third kappa shape index (κ3) is 5.38. The molecule has 0 aliphatic carbocycles. The van der Waals surface area contributed by atoms with E-state index in [1.165, 1.54) is 31.3 Å². The molecule has 172 valence electrons. The van der Waals surface area contributed by atoms with Crippen molar-refractivity contribution < 1.29 is 30.8 Å². The normalized spacial score (nSPS) is 14.0. The van der Waals surface area contributed by atoms with Gasteiger partial charge in [0.1, 0.15) is 0 Å². The van der Waals surface area contributed by atoms with E-state index in [1.54, 1.807) is 51.1 Å². The van der Waals surface area contributed by atoms with E-state index in [4.69, 9.17) is 4.43 Å². The van der Waals surface area contributed by atoms with Crippen molar-refractivity contribution in [2.24, 2.45) is 0 Å². The summed E-state index contributed by atoms with van der Waals surface area (Å²) >= 11 is -0.656. The number of rotatable bonds is 6. The van der Waals surface area contributed by atoms with Gasteiger partial charge in [0.15, 0.2) is 0 Å². The number of benzene rings is 2. The van der Waals surface area contributed by atoms with E-state index in [0.29, 0.717) is 5.32 Å². The van der Waals surface area contributed by atoms with Crippen LogP contribution in [-0.4, -0.2) is 35.6 Å². The summed E-state index contributed by atoms with van der Waals surface area (Å²) in [6, 6.07) is 13.9. The van der Waals surface area contributed by atoms with Crippen LogP contribution >= 0.6 is 0 Å². The van der Waals surface area contributed by atoms with Crippen molar-refractivity contribution in [3.05, 3.63) is 65.7 Å². The van der Waals surface area contributed by atoms with Crippen LogP contribution in [-0.2, 0) is 15.3 Å². The molecule has 2 aromatic carbocycles. The van der Waals surface area contributed by atoms with Crippen LogP contribution in [0.25, 0.3) is 0 Å². The zero-order valence-corrected chi connectivity index (χ0v) is 20.7. The first-order chi connectivity index (χ1) is 14.0. The summed E-state index contributed by atoms with van der Waals surface area (Å²) in [5.74, 6) is 0. The molecule has 0 amide bonds. The molecular formula is C22H26F6OSeSi. The standard InChI is InChI=1S/C22H26F6OSeSi/c1-19(2,3)31(4,5)29-20(21(23,24)25,22(26,27)28)17-13-9-10-14-18(17)30-15-16-11-7-6-8-12-16/h6-14H,15H2,1-5H3. The maximum atomic E-state index is 14.4. The average Bonchev–Trinajstić information content (AvgIpc) is 2.63. The molecule has 2 rings (SSSR count). The number of halogens is 6. The molecule has 0 unspecified atom stereocenters. The van der Waals surface area contributed by atoms with Crippen molar-refractivity contribution in [2.75, 3.05) is 0 Å². The summed E-state index contributed by atoms with van der Waals surface area (Å²) in [5, 5.41) is -0.477. The van der Waals surface area contributed by atoms with Crippen LogP contribution in [0.2, 0.25) is 18.1 Å². The van der Waals surface area contributed by atoms with Crippen molar-refractivity contribution in [3.8, 4) is 0 Å². The fraction of sp³-hybridized carbons (Fsp3) is 0.455. The van der Waals surface area contributed by atoms with Crippen LogP contribution in [0.1, 0.15) is 31.9 Å². The summed E-state index contributed by atoms with van der Waals surface area (Å²) in [5.41, 5.74) is -4.37. The average molecular weight is 527 g/mol. The molecule has 1 nitrogen and oxygen atoms in total. The van der Waals surface area contributed by atoms with Gasteiger partial charge in [0, 0.05) is 0 Å². The van der Waals surface area contributed by atoms with E-state index >= 15 is 0 Å². The van der Waals surface area contributed by atoms with Gasteiger partial charge in [-0.15, -0.1) is 0 Å². The Balaban J connectivity index is 2.68. The summed E-state index contributed by atoms with van der Waals surface area (Å²) in [6.07, 6.45) is -11.4. The second-order valence-corrected chi connectivity index (χ2v) is 15.7. The summed E-state index contributed by atoms with van der Waals surface area (Å²) in [6.45, 7) is 7.64. The third-order valence-electron chi connectivity index (χ3n) is 5.52. The van der Waals surface area contributed by atoms with E-state index in [9.17, 15) is 26.3 Å². The minimum absolute atomic E-state index is 0.0345. The molecule has 0 N–H and O–H groups in total. The summed E-state index contributed by atoms with van der Waals surface area (Å²) < 4.78 is 91.7. The predicted octanol–water partition coefficient (Wildman–Crippen LogP) is 6.56. The van der Waals surface area contributed by atoms with Crippen LogP contribution in [0.3, 0.4) is 0 Å². The number of alkyl halides is 6. The van der Waals surface area contributed by atoms with Crippen molar-refractivity contribution in [2.45, 2.75) is 62.2 Å². The van der Waals surface area contributed by atoms with E-state index in [-0.39, 0.29) is 4.46 Å². The first kappa shape index (κ1) is 26.0. The molecule has 0 saturated carbocycles. The van der Waals surface area contributed by atoms with Crippen molar-refractivity contribution >= 4 is 27.7 Å². The van der Waals surface area contributed by atoms with Gasteiger partial charge in [0.05, 0.1) is 0 Å². The van der Waals surface area contributed by atoms with Gasteiger partial charge >= 0.3 is 186 Å². The zero-order chi connectivity index (χ0) is 23.7. The van der Waals surface area contributed by atoms with Gasteiger partial charge in [-0.05, 0) is 0 Å². The monoisotopic (exact) mass is 528 g/mol. The van der Waals surface area contributed by atoms with Gasteiger partial charge in [-0.25, -0.2) is 0 Å². The quantitative estimate of drug-likeness (QED) is 0.306. The van der Waals surface area contributed by atoms with Crippen LogP contribution in [0.15, 0.2) is 54.6 Å². The Hall–Kier alpha value is -1.28. The van der Waals surface area contributed by atoms with E-state index in [1.807, 2.05) is 0 Å². The minimum atomic E-state index is -5.68. The Kier molecular flexibility index (Phi) is 7.48. The SMILES string of the molecule is CC(C)(C)[Si](C)(C)OC(c1ccccc1[Se]Cc1ccccc1)(C(F)(F)F)C(F)(F)F. The molecule has 0 fully saturated rings. The Morgan fingerprint density at radius 2 is 1.26 bits per heavy atom. The Bertz CT molecular complexity index is 858. The summed E-state index contributed by atoms with van der Waals surface area (Å²) in [7, 11) is -3.49. The van der Waals surface area contributed by atoms with Crippen molar-refractivity contribution in [3.63, 3.8) is 0 Å². The van der Waals surface area contributed by atoms with E-state index in [2.05, 4.69) is 0 Å². The van der Waals surface area contributed by atoms with Crippen LogP contribution < -0.4 is 4.46 Å². The maximum absolute atomic E-state index is 14.4. The molecule has 0 bridgehead atoms. The number of hydrogen-bond donors (Lipinski definition) is 0. The molecule has 31 heavy (non-hydrogen) atoms. The van der Waals surface area contributed by atoms with Gasteiger partial charge in [0.25, 0.3) is 0 Å². The van der Waals surface area contributed by atoms with Crippen LogP contribution in [0.4, 0.5) is 26.3 Å². The molecule has 0 aromatic heterocycles. The predicted molar refractivity (Wildman–Crippen MR) is 114 cm³/mol. The first-order valence-electron chi connectivity index (χ1n) is 9.63.